The molecule has 0 unspecified atom stereocenters. The molecule has 0 saturated heterocycles. The molecule has 118 valence electrons. The van der Waals surface area contributed by atoms with Gasteiger partial charge in [-0.05, 0) is 36.1 Å². The van der Waals surface area contributed by atoms with Crippen molar-refractivity contribution in [2.24, 2.45) is 0 Å². The average Bonchev–Trinajstić information content (AvgIpc) is 3.00. The number of rotatable bonds is 4. The summed E-state index contributed by atoms with van der Waals surface area (Å²) in [5, 5.41) is 2.84. The van der Waals surface area contributed by atoms with Crippen LogP contribution in [0.15, 0.2) is 60.9 Å². The lowest BCUT2D eigenvalue weighted by Crippen LogP contribution is -2.03. The monoisotopic (exact) mass is 315 g/mol. The SMILES string of the molecule is O=C1Cc2cc(-c3cnc(CCc4ccccc4)cn3)ccc2N1. The molecule has 2 aromatic carbocycles. The first-order chi connectivity index (χ1) is 11.8. The number of hydrogen-bond acceptors (Lipinski definition) is 3. The Kier molecular flexibility index (Phi) is 3.79. The summed E-state index contributed by atoms with van der Waals surface area (Å²) in [7, 11) is 0. The molecule has 1 aliphatic rings. The topological polar surface area (TPSA) is 54.9 Å². The largest absolute Gasteiger partial charge is 0.326 e. The van der Waals surface area contributed by atoms with Crippen molar-refractivity contribution in [2.45, 2.75) is 19.3 Å². The fraction of sp³-hybridized carbons (Fsp3) is 0.150. The van der Waals surface area contributed by atoms with Gasteiger partial charge in [-0.1, -0.05) is 36.4 Å². The van der Waals surface area contributed by atoms with E-state index in [9.17, 15) is 4.79 Å². The molecule has 0 atom stereocenters. The van der Waals surface area contributed by atoms with Gasteiger partial charge in [-0.15, -0.1) is 0 Å². The van der Waals surface area contributed by atoms with Crippen LogP contribution in [0.3, 0.4) is 0 Å². The Bertz CT molecular complexity index is 873. The predicted molar refractivity (Wildman–Crippen MR) is 93.7 cm³/mol. The van der Waals surface area contributed by atoms with Gasteiger partial charge in [-0.3, -0.25) is 14.8 Å². The molecule has 24 heavy (non-hydrogen) atoms. The number of carbonyl (C=O) groups is 1. The summed E-state index contributed by atoms with van der Waals surface area (Å²) in [6.07, 6.45) is 5.92. The highest BCUT2D eigenvalue weighted by atomic mass is 16.1. The summed E-state index contributed by atoms with van der Waals surface area (Å²) < 4.78 is 0. The highest BCUT2D eigenvalue weighted by molar-refractivity contribution is 5.99. The minimum Gasteiger partial charge on any atom is -0.326 e. The standard InChI is InChI=1S/C20H17N3O/c24-20-11-16-10-15(7-9-18(16)23-20)19-13-21-17(12-22-19)8-6-14-4-2-1-3-5-14/h1-5,7,9-10,12-13H,6,8,11H2,(H,23,24). The van der Waals surface area contributed by atoms with Crippen LogP contribution < -0.4 is 5.32 Å². The number of amides is 1. The Morgan fingerprint density at radius 2 is 1.83 bits per heavy atom. The molecule has 1 aliphatic heterocycles. The van der Waals surface area contributed by atoms with E-state index in [2.05, 4.69) is 39.6 Å². The molecule has 0 bridgehead atoms. The third-order valence-electron chi connectivity index (χ3n) is 4.24. The van der Waals surface area contributed by atoms with Gasteiger partial charge in [0, 0.05) is 17.4 Å². The Morgan fingerprint density at radius 1 is 0.958 bits per heavy atom. The van der Waals surface area contributed by atoms with Gasteiger partial charge < -0.3 is 5.32 Å². The van der Waals surface area contributed by atoms with Crippen LogP contribution in [0.4, 0.5) is 5.69 Å². The number of anilines is 1. The smallest absolute Gasteiger partial charge is 0.228 e. The summed E-state index contributed by atoms with van der Waals surface area (Å²) >= 11 is 0. The fourth-order valence-corrected chi connectivity index (χ4v) is 2.94. The van der Waals surface area contributed by atoms with Crippen LogP contribution in [0.1, 0.15) is 16.8 Å². The molecule has 1 aromatic heterocycles. The van der Waals surface area contributed by atoms with Gasteiger partial charge in [0.15, 0.2) is 0 Å². The van der Waals surface area contributed by atoms with E-state index in [0.717, 1.165) is 41.0 Å². The molecule has 3 aromatic rings. The second-order valence-electron chi connectivity index (χ2n) is 5.98. The lowest BCUT2D eigenvalue weighted by molar-refractivity contribution is -0.115. The first-order valence-corrected chi connectivity index (χ1v) is 8.06. The summed E-state index contributed by atoms with van der Waals surface area (Å²) in [6.45, 7) is 0. The molecule has 0 saturated carbocycles. The molecule has 0 fully saturated rings. The second kappa shape index (κ2) is 6.24. The highest BCUT2D eigenvalue weighted by Crippen LogP contribution is 2.27. The Labute approximate surface area is 140 Å². The third kappa shape index (κ3) is 3.04. The molecular formula is C20H17N3O. The summed E-state index contributed by atoms with van der Waals surface area (Å²) in [5.41, 5.74) is 6.04. The van der Waals surface area contributed by atoms with Crippen molar-refractivity contribution < 1.29 is 4.79 Å². The second-order valence-corrected chi connectivity index (χ2v) is 5.98. The molecule has 4 nitrogen and oxygen atoms in total. The van der Waals surface area contributed by atoms with E-state index in [1.54, 1.807) is 0 Å². The van der Waals surface area contributed by atoms with E-state index in [4.69, 9.17) is 0 Å². The number of hydrogen-bond donors (Lipinski definition) is 1. The van der Waals surface area contributed by atoms with Crippen LogP contribution in [-0.4, -0.2) is 15.9 Å². The Morgan fingerprint density at radius 3 is 2.62 bits per heavy atom. The molecular weight excluding hydrogens is 298 g/mol. The quantitative estimate of drug-likeness (QED) is 0.802. The number of nitrogens with zero attached hydrogens (tertiary/aromatic N) is 2. The summed E-state index contributed by atoms with van der Waals surface area (Å²) in [4.78, 5) is 20.5. The number of carbonyl (C=O) groups excluding carboxylic acids is 1. The van der Waals surface area contributed by atoms with Crippen molar-refractivity contribution in [3.05, 3.63) is 77.7 Å². The van der Waals surface area contributed by atoms with Crippen LogP contribution in [0, 0.1) is 0 Å². The Balaban J connectivity index is 1.48. The molecule has 0 aliphatic carbocycles. The fourth-order valence-electron chi connectivity index (χ4n) is 2.94. The zero-order valence-corrected chi connectivity index (χ0v) is 13.2. The van der Waals surface area contributed by atoms with Crippen LogP contribution in [0.5, 0.6) is 0 Å². The molecule has 0 radical (unpaired) electrons. The molecule has 2 heterocycles. The van der Waals surface area contributed by atoms with Crippen LogP contribution >= 0.6 is 0 Å². The highest BCUT2D eigenvalue weighted by Gasteiger charge is 2.18. The average molecular weight is 315 g/mol. The lowest BCUT2D eigenvalue weighted by atomic mass is 10.1. The van der Waals surface area contributed by atoms with Crippen molar-refractivity contribution in [1.29, 1.82) is 0 Å². The molecule has 4 rings (SSSR count). The Hall–Kier alpha value is -3.01. The lowest BCUT2D eigenvalue weighted by Gasteiger charge is -2.05. The maximum absolute atomic E-state index is 11.4. The molecule has 1 amide bonds. The number of fused-ring (bicyclic) bond motifs is 1. The van der Waals surface area contributed by atoms with Crippen molar-refractivity contribution in [3.63, 3.8) is 0 Å². The van der Waals surface area contributed by atoms with E-state index in [0.29, 0.717) is 6.42 Å². The van der Waals surface area contributed by atoms with Crippen molar-refractivity contribution >= 4 is 11.6 Å². The number of benzene rings is 2. The van der Waals surface area contributed by atoms with Crippen LogP contribution in [0.25, 0.3) is 11.3 Å². The first kappa shape index (κ1) is 14.6. The van der Waals surface area contributed by atoms with E-state index in [1.165, 1.54) is 5.56 Å². The molecule has 0 spiro atoms. The van der Waals surface area contributed by atoms with Gasteiger partial charge in [-0.2, -0.15) is 0 Å². The zero-order chi connectivity index (χ0) is 16.4. The van der Waals surface area contributed by atoms with Gasteiger partial charge in [0.2, 0.25) is 5.91 Å². The number of aromatic nitrogens is 2. The van der Waals surface area contributed by atoms with Gasteiger partial charge in [-0.25, -0.2) is 0 Å². The van der Waals surface area contributed by atoms with Crippen LogP contribution in [-0.2, 0) is 24.1 Å². The number of aryl methyl sites for hydroxylation is 2. The van der Waals surface area contributed by atoms with Gasteiger partial charge in [0.05, 0.1) is 24.0 Å². The first-order valence-electron chi connectivity index (χ1n) is 8.06. The summed E-state index contributed by atoms with van der Waals surface area (Å²) in [6, 6.07) is 16.3. The van der Waals surface area contributed by atoms with E-state index >= 15 is 0 Å². The van der Waals surface area contributed by atoms with E-state index in [-0.39, 0.29) is 5.91 Å². The van der Waals surface area contributed by atoms with Crippen molar-refractivity contribution in [2.75, 3.05) is 5.32 Å². The minimum atomic E-state index is 0.0458. The zero-order valence-electron chi connectivity index (χ0n) is 13.2. The van der Waals surface area contributed by atoms with E-state index < -0.39 is 0 Å². The van der Waals surface area contributed by atoms with Crippen molar-refractivity contribution in [3.8, 4) is 11.3 Å². The van der Waals surface area contributed by atoms with Gasteiger partial charge in [0.1, 0.15) is 0 Å². The predicted octanol–water partition coefficient (Wildman–Crippen LogP) is 3.42. The maximum Gasteiger partial charge on any atom is 0.228 e. The maximum atomic E-state index is 11.4. The molecule has 1 N–H and O–H groups in total. The third-order valence-corrected chi connectivity index (χ3v) is 4.24. The normalized spacial score (nSPS) is 12.8. The minimum absolute atomic E-state index is 0.0458. The van der Waals surface area contributed by atoms with Gasteiger partial charge >= 0.3 is 0 Å². The van der Waals surface area contributed by atoms with E-state index in [1.807, 2.05) is 36.7 Å². The van der Waals surface area contributed by atoms with Crippen molar-refractivity contribution in [1.82, 2.24) is 9.97 Å². The number of nitrogens with one attached hydrogen (secondary N) is 1. The summed E-state index contributed by atoms with van der Waals surface area (Å²) in [5.74, 6) is 0.0458. The molecule has 4 heteroatoms. The van der Waals surface area contributed by atoms with Gasteiger partial charge in [0.25, 0.3) is 0 Å². The van der Waals surface area contributed by atoms with Crippen LogP contribution in [0.2, 0.25) is 0 Å².